The van der Waals surface area contributed by atoms with Crippen molar-refractivity contribution in [2.75, 3.05) is 7.11 Å². The van der Waals surface area contributed by atoms with Crippen LogP contribution in [0, 0.1) is 5.92 Å². The van der Waals surface area contributed by atoms with Crippen LogP contribution in [-0.4, -0.2) is 35.0 Å². The Morgan fingerprint density at radius 2 is 2.06 bits per heavy atom. The van der Waals surface area contributed by atoms with Crippen LogP contribution in [0.1, 0.15) is 0 Å². The number of aliphatic hydroxyl groups excluding tert-OH is 2. The van der Waals surface area contributed by atoms with Gasteiger partial charge in [0.15, 0.2) is 11.5 Å². The minimum Gasteiger partial charge on any atom is -0.504 e. The number of esters is 2. The zero-order chi connectivity index (χ0) is 13.4. The summed E-state index contributed by atoms with van der Waals surface area (Å²) in [4.78, 5) is 34.5. The maximum absolute atomic E-state index is 11.5. The fraction of sp³-hybridized carbons (Fsp3) is 0.182. The Morgan fingerprint density at radius 3 is 2.67 bits per heavy atom. The molecule has 1 unspecified atom stereocenters. The number of hydrogen-bond acceptors (Lipinski definition) is 7. The van der Waals surface area contributed by atoms with Gasteiger partial charge >= 0.3 is 11.9 Å². The average Bonchev–Trinajstić information content (AvgIpc) is 2.66. The van der Waals surface area contributed by atoms with Gasteiger partial charge in [-0.25, -0.2) is 4.79 Å². The summed E-state index contributed by atoms with van der Waals surface area (Å²) in [6, 6.07) is 0. The number of ether oxygens (including phenoxy) is 2. The topological polar surface area (TPSA) is 110 Å². The van der Waals surface area contributed by atoms with E-state index in [2.05, 4.69) is 9.47 Å². The number of cyclic esters (lactones) is 1. The Bertz CT molecular complexity index is 550. The summed E-state index contributed by atoms with van der Waals surface area (Å²) in [6.07, 6.45) is 1.96. The highest BCUT2D eigenvalue weighted by Gasteiger charge is 2.43. The second-order valence-corrected chi connectivity index (χ2v) is 3.60. The molecular weight excluding hydrogens is 244 g/mol. The summed E-state index contributed by atoms with van der Waals surface area (Å²) in [5, 5.41) is 19.0. The first-order valence-corrected chi connectivity index (χ1v) is 4.84. The predicted octanol–water partition coefficient (Wildman–Crippen LogP) is 0.0530. The summed E-state index contributed by atoms with van der Waals surface area (Å²) in [5.41, 5.74) is -0.452. The number of hydrogen-bond donors (Lipinski definition) is 2. The Labute approximate surface area is 101 Å². The van der Waals surface area contributed by atoms with Crippen molar-refractivity contribution in [1.29, 1.82) is 0 Å². The molecule has 0 aromatic carbocycles. The summed E-state index contributed by atoms with van der Waals surface area (Å²) in [5.74, 6) is -6.12. The van der Waals surface area contributed by atoms with Gasteiger partial charge in [0.1, 0.15) is 11.5 Å². The molecule has 94 valence electrons. The molecule has 0 radical (unpaired) electrons. The van der Waals surface area contributed by atoms with Crippen LogP contribution in [-0.2, 0) is 23.9 Å². The number of ketones is 1. The molecular formula is C11H8O7. The van der Waals surface area contributed by atoms with Crippen molar-refractivity contribution >= 4 is 17.7 Å². The molecule has 0 spiro atoms. The van der Waals surface area contributed by atoms with Gasteiger partial charge in [-0.15, -0.1) is 0 Å². The van der Waals surface area contributed by atoms with E-state index in [1.54, 1.807) is 0 Å². The highest BCUT2D eigenvalue weighted by atomic mass is 16.5. The van der Waals surface area contributed by atoms with Crippen LogP contribution in [0.4, 0.5) is 0 Å². The van der Waals surface area contributed by atoms with E-state index >= 15 is 0 Å². The number of methoxy groups -OCH3 is 1. The summed E-state index contributed by atoms with van der Waals surface area (Å²) in [6.45, 7) is 0. The van der Waals surface area contributed by atoms with Crippen LogP contribution in [0.25, 0.3) is 0 Å². The lowest BCUT2D eigenvalue weighted by Crippen LogP contribution is -2.23. The van der Waals surface area contributed by atoms with Gasteiger partial charge in [0, 0.05) is 5.57 Å². The molecule has 7 heteroatoms. The molecule has 2 rings (SSSR count). The molecule has 0 amide bonds. The van der Waals surface area contributed by atoms with Gasteiger partial charge in [0.25, 0.3) is 5.78 Å². The quantitative estimate of drug-likeness (QED) is 0.634. The summed E-state index contributed by atoms with van der Waals surface area (Å²) >= 11 is 0. The molecule has 1 aliphatic heterocycles. The number of Topliss-reactive ketones (excluding diaryl/α,β-unsaturated/α-hetero) is 1. The van der Waals surface area contributed by atoms with E-state index in [9.17, 15) is 24.6 Å². The van der Waals surface area contributed by atoms with Gasteiger partial charge in [-0.05, 0) is 6.08 Å². The fourth-order valence-corrected chi connectivity index (χ4v) is 1.73. The van der Waals surface area contributed by atoms with Crippen LogP contribution in [0.5, 0.6) is 0 Å². The van der Waals surface area contributed by atoms with E-state index < -0.39 is 40.7 Å². The van der Waals surface area contributed by atoms with Crippen molar-refractivity contribution in [2.24, 2.45) is 5.92 Å². The molecule has 0 bridgehead atoms. The van der Waals surface area contributed by atoms with Gasteiger partial charge in [0.2, 0.25) is 0 Å². The standard InChI is InChI=1S/C11H8O7/c1-17-10(15)7-6-4(3-18-11(6)16)2-5(12)8(13)9(7)14/h2-3,6,12,14H,1H3. The van der Waals surface area contributed by atoms with E-state index in [-0.39, 0.29) is 5.57 Å². The molecule has 1 heterocycles. The largest absolute Gasteiger partial charge is 0.504 e. The molecule has 1 atom stereocenters. The van der Waals surface area contributed by atoms with Crippen molar-refractivity contribution in [3.05, 3.63) is 35.0 Å². The third-order valence-corrected chi connectivity index (χ3v) is 2.58. The highest BCUT2D eigenvalue weighted by molar-refractivity contribution is 6.13. The van der Waals surface area contributed by atoms with Crippen molar-refractivity contribution < 1.29 is 34.1 Å². The lowest BCUT2D eigenvalue weighted by molar-refractivity contribution is -0.143. The first-order chi connectivity index (χ1) is 8.47. The number of carbonyl (C=O) groups excluding carboxylic acids is 3. The maximum Gasteiger partial charge on any atom is 0.338 e. The minimum absolute atomic E-state index is 0.0929. The van der Waals surface area contributed by atoms with Crippen LogP contribution < -0.4 is 0 Å². The van der Waals surface area contributed by atoms with Gasteiger partial charge in [0.05, 0.1) is 13.4 Å². The molecule has 0 aromatic rings. The molecule has 18 heavy (non-hydrogen) atoms. The average molecular weight is 252 g/mol. The van der Waals surface area contributed by atoms with Gasteiger partial charge in [-0.3, -0.25) is 9.59 Å². The van der Waals surface area contributed by atoms with Gasteiger partial charge < -0.3 is 19.7 Å². The van der Waals surface area contributed by atoms with Crippen molar-refractivity contribution in [2.45, 2.75) is 0 Å². The number of carbonyl (C=O) groups is 3. The van der Waals surface area contributed by atoms with Gasteiger partial charge in [-0.2, -0.15) is 0 Å². The Morgan fingerprint density at radius 1 is 1.39 bits per heavy atom. The van der Waals surface area contributed by atoms with E-state index in [1.165, 1.54) is 0 Å². The third-order valence-electron chi connectivity index (χ3n) is 2.58. The molecule has 0 aromatic heterocycles. The summed E-state index contributed by atoms with van der Waals surface area (Å²) < 4.78 is 9.00. The van der Waals surface area contributed by atoms with E-state index in [0.717, 1.165) is 19.4 Å². The second-order valence-electron chi connectivity index (χ2n) is 3.60. The maximum atomic E-state index is 11.5. The summed E-state index contributed by atoms with van der Waals surface area (Å²) in [7, 11) is 1.04. The van der Waals surface area contributed by atoms with Gasteiger partial charge in [-0.1, -0.05) is 0 Å². The van der Waals surface area contributed by atoms with Crippen molar-refractivity contribution in [3.63, 3.8) is 0 Å². The van der Waals surface area contributed by atoms with E-state index in [1.807, 2.05) is 0 Å². The first-order valence-electron chi connectivity index (χ1n) is 4.84. The lowest BCUT2D eigenvalue weighted by atomic mass is 9.93. The molecule has 0 saturated carbocycles. The minimum atomic E-state index is -1.27. The predicted molar refractivity (Wildman–Crippen MR) is 55.1 cm³/mol. The smallest absolute Gasteiger partial charge is 0.338 e. The van der Waals surface area contributed by atoms with E-state index in [4.69, 9.17) is 0 Å². The van der Waals surface area contributed by atoms with E-state index in [0.29, 0.717) is 0 Å². The Balaban J connectivity index is 2.66. The zero-order valence-electron chi connectivity index (χ0n) is 9.17. The molecule has 7 nitrogen and oxygen atoms in total. The molecule has 0 fully saturated rings. The lowest BCUT2D eigenvalue weighted by Gasteiger charge is -2.10. The number of aliphatic hydroxyl groups is 2. The Hall–Kier alpha value is -2.57. The Kier molecular flexibility index (Phi) is 2.66. The van der Waals surface area contributed by atoms with Crippen LogP contribution in [0.2, 0.25) is 0 Å². The monoisotopic (exact) mass is 252 g/mol. The molecule has 2 N–H and O–H groups in total. The SMILES string of the molecule is COC(=O)C1=C(O)C(=O)C(O)=CC2=COC(=O)C21. The first kappa shape index (κ1) is 11.9. The number of fused-ring (bicyclic) bond motifs is 1. The van der Waals surface area contributed by atoms with Crippen molar-refractivity contribution in [3.8, 4) is 0 Å². The second kappa shape index (κ2) is 4.02. The normalized spacial score (nSPS) is 22.8. The van der Waals surface area contributed by atoms with Crippen LogP contribution in [0.15, 0.2) is 35.0 Å². The highest BCUT2D eigenvalue weighted by Crippen LogP contribution is 2.34. The van der Waals surface area contributed by atoms with Crippen LogP contribution in [0.3, 0.4) is 0 Å². The number of rotatable bonds is 1. The molecule has 0 saturated heterocycles. The number of allylic oxidation sites excluding steroid dienone is 1. The zero-order valence-corrected chi connectivity index (χ0v) is 9.17. The molecule has 1 aliphatic carbocycles. The molecule has 2 aliphatic rings. The third kappa shape index (κ3) is 1.56. The fourth-order valence-electron chi connectivity index (χ4n) is 1.73. The van der Waals surface area contributed by atoms with Crippen molar-refractivity contribution in [1.82, 2.24) is 0 Å². The van der Waals surface area contributed by atoms with Crippen LogP contribution >= 0.6 is 0 Å².